The van der Waals surface area contributed by atoms with Crippen LogP contribution < -0.4 is 0 Å². The standard InChI is InChI=1S/C24H24N4/c25-27-26-24(21-13-6-2-7-14-21,22-15-8-3-9-16-22)23-17-10-18-28(23)19-20-11-4-1-5-12-20/h1-9,11-16,23H,10,17-19H2/t23-/m0/s1. The molecule has 0 bridgehead atoms. The first-order valence-corrected chi connectivity index (χ1v) is 9.80. The highest BCUT2D eigenvalue weighted by Crippen LogP contribution is 2.44. The van der Waals surface area contributed by atoms with E-state index >= 15 is 0 Å². The Balaban J connectivity index is 1.84. The van der Waals surface area contributed by atoms with Crippen LogP contribution in [0.5, 0.6) is 0 Å². The van der Waals surface area contributed by atoms with Crippen LogP contribution in [0.1, 0.15) is 29.5 Å². The van der Waals surface area contributed by atoms with E-state index in [4.69, 9.17) is 0 Å². The third-order valence-corrected chi connectivity index (χ3v) is 5.70. The van der Waals surface area contributed by atoms with Gasteiger partial charge in [-0.2, -0.15) is 0 Å². The van der Waals surface area contributed by atoms with Gasteiger partial charge in [0.2, 0.25) is 0 Å². The van der Waals surface area contributed by atoms with E-state index in [1.54, 1.807) is 0 Å². The first-order chi connectivity index (χ1) is 13.8. The van der Waals surface area contributed by atoms with Crippen molar-refractivity contribution in [2.75, 3.05) is 6.54 Å². The molecule has 1 atom stereocenters. The maximum absolute atomic E-state index is 9.60. The molecule has 0 radical (unpaired) electrons. The SMILES string of the molecule is [N-]=[N+]=NC(c1ccccc1)(c1ccccc1)[C@@H]1CCCN1Cc1ccccc1. The molecule has 1 aliphatic heterocycles. The van der Waals surface area contributed by atoms with Gasteiger partial charge < -0.3 is 0 Å². The van der Waals surface area contributed by atoms with Crippen LogP contribution in [-0.4, -0.2) is 17.5 Å². The summed E-state index contributed by atoms with van der Waals surface area (Å²) >= 11 is 0. The fourth-order valence-electron chi connectivity index (χ4n) is 4.50. The Bertz CT molecular complexity index is 895. The van der Waals surface area contributed by atoms with Crippen LogP contribution in [-0.2, 0) is 12.1 Å². The minimum atomic E-state index is -0.747. The summed E-state index contributed by atoms with van der Waals surface area (Å²) in [6, 6.07) is 31.1. The van der Waals surface area contributed by atoms with Crippen LogP contribution in [0.2, 0.25) is 0 Å². The number of benzene rings is 3. The second-order valence-corrected chi connectivity index (χ2v) is 7.30. The molecule has 4 nitrogen and oxygen atoms in total. The molecule has 0 spiro atoms. The Morgan fingerprint density at radius 3 is 1.93 bits per heavy atom. The van der Waals surface area contributed by atoms with E-state index in [1.165, 1.54) is 5.56 Å². The molecule has 0 aliphatic carbocycles. The van der Waals surface area contributed by atoms with E-state index in [2.05, 4.69) is 63.5 Å². The maximum atomic E-state index is 9.60. The molecule has 0 saturated carbocycles. The Kier molecular flexibility index (Phi) is 5.43. The van der Waals surface area contributed by atoms with Gasteiger partial charge in [-0.15, -0.1) is 0 Å². The monoisotopic (exact) mass is 368 g/mol. The van der Waals surface area contributed by atoms with Crippen molar-refractivity contribution in [2.24, 2.45) is 5.11 Å². The lowest BCUT2D eigenvalue weighted by atomic mass is 9.76. The topological polar surface area (TPSA) is 52.0 Å². The number of rotatable bonds is 6. The van der Waals surface area contributed by atoms with E-state index in [9.17, 15) is 5.53 Å². The van der Waals surface area contributed by atoms with Gasteiger partial charge in [0.15, 0.2) is 0 Å². The molecule has 1 fully saturated rings. The predicted octanol–water partition coefficient (Wildman–Crippen LogP) is 5.91. The minimum absolute atomic E-state index is 0.105. The second kappa shape index (κ2) is 8.30. The summed E-state index contributed by atoms with van der Waals surface area (Å²) in [5, 5.41) is 4.51. The van der Waals surface area contributed by atoms with Gasteiger partial charge in [0, 0.05) is 17.5 Å². The highest BCUT2D eigenvalue weighted by atomic mass is 15.3. The molecule has 4 rings (SSSR count). The van der Waals surface area contributed by atoms with Crippen LogP contribution >= 0.6 is 0 Å². The Hall–Kier alpha value is -3.07. The molecule has 0 aromatic heterocycles. The van der Waals surface area contributed by atoms with Crippen LogP contribution in [0.25, 0.3) is 10.4 Å². The molecule has 0 unspecified atom stereocenters. The number of hydrogen-bond donors (Lipinski definition) is 0. The van der Waals surface area contributed by atoms with Crippen molar-refractivity contribution < 1.29 is 0 Å². The molecule has 1 aliphatic rings. The van der Waals surface area contributed by atoms with Crippen molar-refractivity contribution in [1.82, 2.24) is 4.90 Å². The molecule has 0 N–H and O–H groups in total. The third-order valence-electron chi connectivity index (χ3n) is 5.70. The van der Waals surface area contributed by atoms with Gasteiger partial charge in [0.05, 0.1) is 0 Å². The number of likely N-dealkylation sites (tertiary alicyclic amines) is 1. The molecule has 140 valence electrons. The van der Waals surface area contributed by atoms with Crippen molar-refractivity contribution >= 4 is 0 Å². The zero-order chi connectivity index (χ0) is 19.2. The molecular weight excluding hydrogens is 344 g/mol. The van der Waals surface area contributed by atoms with Gasteiger partial charge in [-0.1, -0.05) is 96.1 Å². The summed E-state index contributed by atoms with van der Waals surface area (Å²) in [6.45, 7) is 1.86. The minimum Gasteiger partial charge on any atom is -0.295 e. The molecule has 1 heterocycles. The summed E-state index contributed by atoms with van der Waals surface area (Å²) in [7, 11) is 0. The van der Waals surface area contributed by atoms with Crippen LogP contribution in [0.15, 0.2) is 96.1 Å². The Labute approximate surface area is 166 Å². The zero-order valence-corrected chi connectivity index (χ0v) is 15.9. The van der Waals surface area contributed by atoms with Crippen molar-refractivity contribution in [3.8, 4) is 0 Å². The molecule has 3 aromatic carbocycles. The van der Waals surface area contributed by atoms with Gasteiger partial charge in [-0.05, 0) is 41.6 Å². The number of hydrogen-bond acceptors (Lipinski definition) is 2. The van der Waals surface area contributed by atoms with Crippen molar-refractivity contribution in [3.63, 3.8) is 0 Å². The fraction of sp³-hybridized carbons (Fsp3) is 0.250. The van der Waals surface area contributed by atoms with E-state index in [0.717, 1.165) is 37.1 Å². The van der Waals surface area contributed by atoms with Gasteiger partial charge >= 0.3 is 0 Å². The lowest BCUT2D eigenvalue weighted by Gasteiger charge is -2.41. The average Bonchev–Trinajstić information content (AvgIpc) is 3.22. The molecule has 28 heavy (non-hydrogen) atoms. The first-order valence-electron chi connectivity index (χ1n) is 9.80. The molecule has 1 saturated heterocycles. The molecular formula is C24H24N4. The summed E-state index contributed by atoms with van der Waals surface area (Å²) in [4.78, 5) is 5.82. The van der Waals surface area contributed by atoms with Crippen molar-refractivity contribution in [2.45, 2.75) is 31.0 Å². The Morgan fingerprint density at radius 1 is 0.857 bits per heavy atom. The van der Waals surface area contributed by atoms with E-state index in [-0.39, 0.29) is 6.04 Å². The van der Waals surface area contributed by atoms with E-state index < -0.39 is 5.54 Å². The largest absolute Gasteiger partial charge is 0.295 e. The Morgan fingerprint density at radius 2 is 1.39 bits per heavy atom. The van der Waals surface area contributed by atoms with Crippen LogP contribution in [0.4, 0.5) is 0 Å². The summed E-state index contributed by atoms with van der Waals surface area (Å²) < 4.78 is 0. The fourth-order valence-corrected chi connectivity index (χ4v) is 4.50. The van der Waals surface area contributed by atoms with Gasteiger partial charge in [-0.3, -0.25) is 4.90 Å². The van der Waals surface area contributed by atoms with E-state index in [0.29, 0.717) is 0 Å². The van der Waals surface area contributed by atoms with Crippen LogP contribution in [0, 0.1) is 0 Å². The smallest absolute Gasteiger partial charge is 0.114 e. The lowest BCUT2D eigenvalue weighted by Crippen LogP contribution is -2.46. The molecule has 0 amide bonds. The van der Waals surface area contributed by atoms with Gasteiger partial charge in [0.1, 0.15) is 5.54 Å². The van der Waals surface area contributed by atoms with Gasteiger partial charge in [0.25, 0.3) is 0 Å². The lowest BCUT2D eigenvalue weighted by molar-refractivity contribution is 0.177. The summed E-state index contributed by atoms with van der Waals surface area (Å²) in [6.07, 6.45) is 2.09. The first kappa shape index (κ1) is 18.3. The zero-order valence-electron chi connectivity index (χ0n) is 15.9. The van der Waals surface area contributed by atoms with Crippen molar-refractivity contribution in [1.29, 1.82) is 0 Å². The van der Waals surface area contributed by atoms with Crippen LogP contribution in [0.3, 0.4) is 0 Å². The van der Waals surface area contributed by atoms with E-state index in [1.807, 2.05) is 42.5 Å². The number of nitrogens with zero attached hydrogens (tertiary/aromatic N) is 4. The normalized spacial score (nSPS) is 17.2. The molecule has 4 heteroatoms. The van der Waals surface area contributed by atoms with Crippen molar-refractivity contribution in [3.05, 3.63) is 118 Å². The maximum Gasteiger partial charge on any atom is 0.114 e. The summed E-state index contributed by atoms with van der Waals surface area (Å²) in [5.41, 5.74) is 12.2. The highest BCUT2D eigenvalue weighted by molar-refractivity contribution is 5.41. The molecule has 3 aromatic rings. The predicted molar refractivity (Wildman–Crippen MR) is 113 cm³/mol. The average molecular weight is 368 g/mol. The van der Waals surface area contributed by atoms with Gasteiger partial charge in [-0.25, -0.2) is 0 Å². The highest BCUT2D eigenvalue weighted by Gasteiger charge is 2.46. The number of azide groups is 1. The summed E-state index contributed by atoms with van der Waals surface area (Å²) in [5.74, 6) is 0. The second-order valence-electron chi connectivity index (χ2n) is 7.30. The quantitative estimate of drug-likeness (QED) is 0.303. The third kappa shape index (κ3) is 3.40.